The van der Waals surface area contributed by atoms with E-state index in [0.717, 1.165) is 0 Å². The van der Waals surface area contributed by atoms with Crippen molar-refractivity contribution in [1.29, 1.82) is 0 Å². The minimum atomic E-state index is -0.886. The summed E-state index contributed by atoms with van der Waals surface area (Å²) >= 11 is 1.51. The van der Waals surface area contributed by atoms with Gasteiger partial charge in [0.05, 0.1) is 0 Å². The van der Waals surface area contributed by atoms with Crippen molar-refractivity contribution in [2.45, 2.75) is 12.5 Å². The summed E-state index contributed by atoms with van der Waals surface area (Å²) in [5.41, 5.74) is 5.53. The molecule has 1 heterocycles. The topological polar surface area (TPSA) is 129 Å². The number of nitrogens with one attached hydrogen (secondary N) is 2. The molecule has 0 aromatic heterocycles. The van der Waals surface area contributed by atoms with E-state index in [1.807, 2.05) is 6.26 Å². The van der Waals surface area contributed by atoms with Crippen molar-refractivity contribution in [2.75, 3.05) is 30.7 Å². The first kappa shape index (κ1) is 18.7. The molecule has 3 amide bonds. The molecule has 2 rings (SSSR count). The van der Waals surface area contributed by atoms with Crippen LogP contribution in [0, 0.1) is 0 Å². The predicted molar refractivity (Wildman–Crippen MR) is 91.7 cm³/mol. The van der Waals surface area contributed by atoms with Crippen LogP contribution >= 0.6 is 11.8 Å². The molecule has 0 unspecified atom stereocenters. The summed E-state index contributed by atoms with van der Waals surface area (Å²) in [7, 11) is 0. The van der Waals surface area contributed by atoms with Crippen LogP contribution in [0.3, 0.4) is 0 Å². The number of carbonyl (C=O) groups is 3. The Balaban J connectivity index is 1.83. The van der Waals surface area contributed by atoms with E-state index in [-0.39, 0.29) is 6.79 Å². The monoisotopic (exact) mass is 369 g/mol. The zero-order valence-corrected chi connectivity index (χ0v) is 14.4. The smallest absolute Gasteiger partial charge is 0.329 e. The number of amides is 3. The van der Waals surface area contributed by atoms with Crippen LogP contribution < -0.4 is 25.8 Å². The third kappa shape index (κ3) is 5.75. The number of fused-ring (bicyclic) bond motifs is 1. The van der Waals surface area contributed by atoms with E-state index in [1.165, 1.54) is 11.8 Å². The van der Waals surface area contributed by atoms with Gasteiger partial charge in [0.1, 0.15) is 6.04 Å². The summed E-state index contributed by atoms with van der Waals surface area (Å²) in [5, 5.41) is 4.89. The number of nitrogens with two attached hydrogens (primary N) is 1. The average molecular weight is 369 g/mol. The number of carbonyl (C=O) groups excluding carboxylic acids is 3. The second kappa shape index (κ2) is 9.02. The fraction of sp³-hybridized carbons (Fsp3) is 0.400. The van der Waals surface area contributed by atoms with Crippen molar-refractivity contribution < 1.29 is 28.6 Å². The standard InChI is InChI=1S/C15H19N3O6S/c1-25-5-4-10(18-15(16)21)14(20)22-7-13(19)17-9-2-3-11-12(6-9)24-8-23-11/h2-3,6,10H,4-5,7-8H2,1H3,(H,17,19)(H3,16,18,21)/t10-/m0/s1. The highest BCUT2D eigenvalue weighted by Crippen LogP contribution is 2.34. The van der Waals surface area contributed by atoms with Gasteiger partial charge in [0.15, 0.2) is 18.1 Å². The van der Waals surface area contributed by atoms with Crippen molar-refractivity contribution in [1.82, 2.24) is 5.32 Å². The maximum Gasteiger partial charge on any atom is 0.329 e. The van der Waals surface area contributed by atoms with Gasteiger partial charge in [-0.3, -0.25) is 4.79 Å². The van der Waals surface area contributed by atoms with Crippen molar-refractivity contribution >= 4 is 35.4 Å². The number of anilines is 1. The molecule has 0 bridgehead atoms. The highest BCUT2D eigenvalue weighted by atomic mass is 32.2. The fourth-order valence-electron chi connectivity index (χ4n) is 2.07. The van der Waals surface area contributed by atoms with Crippen LogP contribution in [0.5, 0.6) is 11.5 Å². The van der Waals surface area contributed by atoms with Gasteiger partial charge in [-0.25, -0.2) is 9.59 Å². The SMILES string of the molecule is CSCC[C@H](NC(N)=O)C(=O)OCC(=O)Nc1ccc2c(c1)OCO2. The highest BCUT2D eigenvalue weighted by molar-refractivity contribution is 7.98. The lowest BCUT2D eigenvalue weighted by molar-refractivity contribution is -0.149. The molecule has 4 N–H and O–H groups in total. The van der Waals surface area contributed by atoms with Crippen molar-refractivity contribution in [3.05, 3.63) is 18.2 Å². The number of ether oxygens (including phenoxy) is 3. The summed E-state index contributed by atoms with van der Waals surface area (Å²) in [4.78, 5) is 34.8. The van der Waals surface area contributed by atoms with Crippen LogP contribution in [0.2, 0.25) is 0 Å². The molecular formula is C15H19N3O6S. The molecule has 136 valence electrons. The predicted octanol–water partition coefficient (Wildman–Crippen LogP) is 0.687. The summed E-state index contributed by atoms with van der Waals surface area (Å²) < 4.78 is 15.3. The van der Waals surface area contributed by atoms with E-state index in [0.29, 0.717) is 29.4 Å². The highest BCUT2D eigenvalue weighted by Gasteiger charge is 2.22. The maximum absolute atomic E-state index is 12.0. The number of urea groups is 1. The minimum absolute atomic E-state index is 0.134. The van der Waals surface area contributed by atoms with Gasteiger partial charge < -0.3 is 30.6 Å². The number of thioether (sulfide) groups is 1. The zero-order valence-electron chi connectivity index (χ0n) is 13.6. The fourth-order valence-corrected chi connectivity index (χ4v) is 2.54. The lowest BCUT2D eigenvalue weighted by Gasteiger charge is -2.15. The number of primary amides is 1. The number of esters is 1. The Hall–Kier alpha value is -2.62. The van der Waals surface area contributed by atoms with Gasteiger partial charge in [-0.05, 0) is 30.6 Å². The van der Waals surface area contributed by atoms with Gasteiger partial charge in [-0.1, -0.05) is 0 Å². The van der Waals surface area contributed by atoms with Gasteiger partial charge in [0.2, 0.25) is 6.79 Å². The second-order valence-corrected chi connectivity index (χ2v) is 6.05. The Bertz CT molecular complexity index is 654. The van der Waals surface area contributed by atoms with Gasteiger partial charge in [0, 0.05) is 11.8 Å². The van der Waals surface area contributed by atoms with E-state index in [2.05, 4.69) is 10.6 Å². The summed E-state index contributed by atoms with van der Waals surface area (Å²) in [5.74, 6) is 0.517. The molecule has 1 aromatic carbocycles. The molecule has 0 fully saturated rings. The van der Waals surface area contributed by atoms with Crippen LogP contribution in [0.15, 0.2) is 18.2 Å². The molecule has 0 aliphatic carbocycles. The molecule has 10 heteroatoms. The lowest BCUT2D eigenvalue weighted by Crippen LogP contribution is -2.45. The molecule has 0 saturated carbocycles. The van der Waals surface area contributed by atoms with Crippen LogP contribution in [0.4, 0.5) is 10.5 Å². The molecule has 1 atom stereocenters. The zero-order chi connectivity index (χ0) is 18.2. The Morgan fingerprint density at radius 3 is 2.80 bits per heavy atom. The van der Waals surface area contributed by atoms with Gasteiger partial charge in [-0.15, -0.1) is 0 Å². The molecule has 0 spiro atoms. The Labute approximate surface area is 148 Å². The second-order valence-electron chi connectivity index (χ2n) is 5.07. The van der Waals surface area contributed by atoms with E-state index in [4.69, 9.17) is 19.9 Å². The van der Waals surface area contributed by atoms with Crippen LogP contribution in [-0.2, 0) is 14.3 Å². The summed E-state index contributed by atoms with van der Waals surface area (Å²) in [6.45, 7) is -0.349. The first-order chi connectivity index (χ1) is 12.0. The third-order valence-electron chi connectivity index (χ3n) is 3.21. The van der Waals surface area contributed by atoms with E-state index in [1.54, 1.807) is 18.2 Å². The van der Waals surface area contributed by atoms with E-state index in [9.17, 15) is 14.4 Å². The van der Waals surface area contributed by atoms with Crippen molar-refractivity contribution in [3.8, 4) is 11.5 Å². The van der Waals surface area contributed by atoms with E-state index < -0.39 is 30.6 Å². The van der Waals surface area contributed by atoms with Gasteiger partial charge in [0.25, 0.3) is 5.91 Å². The Kier molecular flexibility index (Phi) is 6.75. The first-order valence-electron chi connectivity index (χ1n) is 7.40. The number of hydrogen-bond donors (Lipinski definition) is 3. The maximum atomic E-state index is 12.0. The van der Waals surface area contributed by atoms with Crippen molar-refractivity contribution in [3.63, 3.8) is 0 Å². The molecule has 9 nitrogen and oxygen atoms in total. The average Bonchev–Trinajstić information content (AvgIpc) is 3.03. The van der Waals surface area contributed by atoms with Crippen LogP contribution in [-0.4, -0.2) is 49.4 Å². The largest absolute Gasteiger partial charge is 0.454 e. The first-order valence-corrected chi connectivity index (χ1v) is 8.80. The normalized spacial score (nSPS) is 13.0. The molecule has 1 aliphatic rings. The molecule has 25 heavy (non-hydrogen) atoms. The molecule has 1 aliphatic heterocycles. The number of hydrogen-bond acceptors (Lipinski definition) is 7. The molecule has 1 aromatic rings. The lowest BCUT2D eigenvalue weighted by atomic mass is 10.2. The van der Waals surface area contributed by atoms with Crippen LogP contribution in [0.25, 0.3) is 0 Å². The van der Waals surface area contributed by atoms with Gasteiger partial charge in [-0.2, -0.15) is 11.8 Å². The summed E-state index contributed by atoms with van der Waals surface area (Å²) in [6, 6.07) is 3.21. The summed E-state index contributed by atoms with van der Waals surface area (Å²) in [6.07, 6.45) is 2.22. The Morgan fingerprint density at radius 1 is 1.32 bits per heavy atom. The van der Waals surface area contributed by atoms with Gasteiger partial charge >= 0.3 is 12.0 Å². The molecule has 0 saturated heterocycles. The quantitative estimate of drug-likeness (QED) is 0.575. The molecule has 0 radical (unpaired) electrons. The number of benzene rings is 1. The van der Waals surface area contributed by atoms with E-state index >= 15 is 0 Å². The Morgan fingerprint density at radius 2 is 2.08 bits per heavy atom. The number of rotatable bonds is 8. The van der Waals surface area contributed by atoms with Crippen LogP contribution in [0.1, 0.15) is 6.42 Å². The molecular weight excluding hydrogens is 350 g/mol. The third-order valence-corrected chi connectivity index (χ3v) is 3.86. The minimum Gasteiger partial charge on any atom is -0.454 e. The van der Waals surface area contributed by atoms with Crippen molar-refractivity contribution in [2.24, 2.45) is 5.73 Å².